The number of nitrogens with two attached hydrogens (primary N) is 1. The summed E-state index contributed by atoms with van der Waals surface area (Å²) in [4.78, 5) is 0. The Kier molecular flexibility index (Phi) is 5.00. The minimum Gasteiger partial charge on any atom is -0.344 e. The third-order valence-electron chi connectivity index (χ3n) is 3.21. The molecule has 0 radical (unpaired) electrons. The standard InChI is InChI=1S/C14H21NO5S/c1-14(2)19-12(8-9-18-21(15,16)17)13(20-14)10-11-6-4-3-5-7-11/h3-7,12-13H,8-10H2,1-2H3,(H2,15,16,17)/t12-,13-/m1/s1. The smallest absolute Gasteiger partial charge is 0.333 e. The maximum absolute atomic E-state index is 10.8. The number of ether oxygens (including phenoxy) is 2. The summed E-state index contributed by atoms with van der Waals surface area (Å²) in [6.45, 7) is 3.66. The third-order valence-corrected chi connectivity index (χ3v) is 3.71. The van der Waals surface area contributed by atoms with Crippen molar-refractivity contribution in [3.63, 3.8) is 0 Å². The van der Waals surface area contributed by atoms with Gasteiger partial charge in [0.05, 0.1) is 18.8 Å². The molecule has 6 nitrogen and oxygen atoms in total. The van der Waals surface area contributed by atoms with Gasteiger partial charge in [0.15, 0.2) is 5.79 Å². The molecule has 0 aromatic heterocycles. The lowest BCUT2D eigenvalue weighted by atomic mass is 10.0. The summed E-state index contributed by atoms with van der Waals surface area (Å²) in [5, 5.41) is 4.81. The van der Waals surface area contributed by atoms with Gasteiger partial charge in [-0.3, -0.25) is 4.18 Å². The van der Waals surface area contributed by atoms with Crippen molar-refractivity contribution in [2.75, 3.05) is 6.61 Å². The first-order valence-corrected chi connectivity index (χ1v) is 8.29. The molecule has 0 saturated carbocycles. The first-order valence-electron chi connectivity index (χ1n) is 6.82. The van der Waals surface area contributed by atoms with Gasteiger partial charge in [-0.1, -0.05) is 30.3 Å². The summed E-state index contributed by atoms with van der Waals surface area (Å²) in [7, 11) is -3.92. The average Bonchev–Trinajstić information content (AvgIpc) is 2.63. The molecule has 0 bridgehead atoms. The van der Waals surface area contributed by atoms with Crippen molar-refractivity contribution in [3.05, 3.63) is 35.9 Å². The van der Waals surface area contributed by atoms with Crippen molar-refractivity contribution in [1.29, 1.82) is 0 Å². The average molecular weight is 315 g/mol. The van der Waals surface area contributed by atoms with Gasteiger partial charge in [-0.2, -0.15) is 8.42 Å². The molecule has 1 heterocycles. The molecule has 0 unspecified atom stereocenters. The van der Waals surface area contributed by atoms with E-state index in [1.807, 2.05) is 44.2 Å². The summed E-state index contributed by atoms with van der Waals surface area (Å²) < 4.78 is 37.8. The Balaban J connectivity index is 1.96. The molecule has 2 atom stereocenters. The number of benzene rings is 1. The molecule has 1 aliphatic heterocycles. The molecule has 1 saturated heterocycles. The fraction of sp³-hybridized carbons (Fsp3) is 0.571. The van der Waals surface area contributed by atoms with E-state index in [2.05, 4.69) is 4.18 Å². The largest absolute Gasteiger partial charge is 0.344 e. The Hall–Kier alpha value is -0.990. The molecule has 118 valence electrons. The van der Waals surface area contributed by atoms with E-state index in [1.165, 1.54) is 0 Å². The summed E-state index contributed by atoms with van der Waals surface area (Å²) >= 11 is 0. The summed E-state index contributed by atoms with van der Waals surface area (Å²) in [6, 6.07) is 9.93. The highest BCUT2D eigenvalue weighted by Gasteiger charge is 2.40. The maximum atomic E-state index is 10.8. The lowest BCUT2D eigenvalue weighted by Crippen LogP contribution is -2.27. The van der Waals surface area contributed by atoms with E-state index in [9.17, 15) is 8.42 Å². The van der Waals surface area contributed by atoms with E-state index in [4.69, 9.17) is 14.6 Å². The Morgan fingerprint density at radius 1 is 1.19 bits per heavy atom. The maximum Gasteiger partial charge on any atom is 0.333 e. The number of rotatable bonds is 6. The Morgan fingerprint density at radius 3 is 2.43 bits per heavy atom. The van der Waals surface area contributed by atoms with E-state index in [-0.39, 0.29) is 18.8 Å². The Morgan fingerprint density at radius 2 is 1.81 bits per heavy atom. The van der Waals surface area contributed by atoms with Gasteiger partial charge in [0.2, 0.25) is 0 Å². The van der Waals surface area contributed by atoms with Crippen LogP contribution in [0, 0.1) is 0 Å². The molecule has 1 fully saturated rings. The molecular weight excluding hydrogens is 294 g/mol. The molecule has 1 aromatic carbocycles. The van der Waals surface area contributed by atoms with Gasteiger partial charge in [0, 0.05) is 12.8 Å². The van der Waals surface area contributed by atoms with Gasteiger partial charge < -0.3 is 9.47 Å². The van der Waals surface area contributed by atoms with Crippen LogP contribution < -0.4 is 5.14 Å². The SMILES string of the molecule is CC1(C)O[C@H](CCOS(N)(=O)=O)[C@@H](Cc2ccccc2)O1. The van der Waals surface area contributed by atoms with Crippen LogP contribution in [0.5, 0.6) is 0 Å². The summed E-state index contributed by atoms with van der Waals surface area (Å²) in [5.41, 5.74) is 1.14. The molecule has 0 spiro atoms. The van der Waals surface area contributed by atoms with E-state index >= 15 is 0 Å². The van der Waals surface area contributed by atoms with Gasteiger partial charge in [-0.15, -0.1) is 0 Å². The van der Waals surface area contributed by atoms with Crippen LogP contribution in [-0.4, -0.2) is 33.0 Å². The first-order chi connectivity index (χ1) is 9.75. The van der Waals surface area contributed by atoms with Crippen molar-refractivity contribution in [2.24, 2.45) is 5.14 Å². The zero-order chi connectivity index (χ0) is 15.5. The van der Waals surface area contributed by atoms with Crippen molar-refractivity contribution in [2.45, 2.75) is 44.7 Å². The van der Waals surface area contributed by atoms with Crippen LogP contribution in [0.15, 0.2) is 30.3 Å². The molecule has 1 aliphatic rings. The van der Waals surface area contributed by atoms with Crippen molar-refractivity contribution in [3.8, 4) is 0 Å². The lowest BCUT2D eigenvalue weighted by molar-refractivity contribution is -0.146. The van der Waals surface area contributed by atoms with Crippen LogP contribution in [-0.2, 0) is 30.4 Å². The highest BCUT2D eigenvalue weighted by molar-refractivity contribution is 7.84. The van der Waals surface area contributed by atoms with Crippen LogP contribution in [0.25, 0.3) is 0 Å². The Bertz CT molecular complexity index is 558. The molecule has 2 N–H and O–H groups in total. The van der Waals surface area contributed by atoms with Gasteiger partial charge in [0.25, 0.3) is 0 Å². The van der Waals surface area contributed by atoms with E-state index in [0.717, 1.165) is 5.56 Å². The molecule has 7 heteroatoms. The fourth-order valence-electron chi connectivity index (χ4n) is 2.45. The lowest BCUT2D eigenvalue weighted by Gasteiger charge is -2.16. The predicted molar refractivity (Wildman–Crippen MR) is 77.6 cm³/mol. The molecule has 0 aliphatic carbocycles. The molecule has 1 aromatic rings. The van der Waals surface area contributed by atoms with Crippen LogP contribution in [0.4, 0.5) is 0 Å². The summed E-state index contributed by atoms with van der Waals surface area (Å²) in [5.74, 6) is -0.689. The van der Waals surface area contributed by atoms with Crippen molar-refractivity contribution in [1.82, 2.24) is 0 Å². The minimum atomic E-state index is -3.92. The fourth-order valence-corrected chi connectivity index (χ4v) is 2.78. The second-order valence-corrected chi connectivity index (χ2v) is 6.73. The van der Waals surface area contributed by atoms with Crippen LogP contribution in [0.3, 0.4) is 0 Å². The van der Waals surface area contributed by atoms with Gasteiger partial charge in [0.1, 0.15) is 0 Å². The zero-order valence-electron chi connectivity index (χ0n) is 12.2. The number of hydrogen-bond donors (Lipinski definition) is 1. The summed E-state index contributed by atoms with van der Waals surface area (Å²) in [6.07, 6.45) is 0.718. The van der Waals surface area contributed by atoms with Gasteiger partial charge in [-0.25, -0.2) is 5.14 Å². The third kappa shape index (κ3) is 5.37. The van der Waals surface area contributed by atoms with E-state index in [0.29, 0.717) is 12.8 Å². The van der Waals surface area contributed by atoms with E-state index in [1.54, 1.807) is 0 Å². The monoisotopic (exact) mass is 315 g/mol. The normalized spacial score (nSPS) is 25.1. The molecule has 21 heavy (non-hydrogen) atoms. The highest BCUT2D eigenvalue weighted by atomic mass is 32.2. The minimum absolute atomic E-state index is 0.0196. The predicted octanol–water partition coefficient (Wildman–Crippen LogP) is 1.36. The van der Waals surface area contributed by atoms with Crippen LogP contribution in [0.1, 0.15) is 25.8 Å². The molecule has 2 rings (SSSR count). The highest BCUT2D eigenvalue weighted by Crippen LogP contribution is 2.31. The zero-order valence-corrected chi connectivity index (χ0v) is 13.0. The number of hydrogen-bond acceptors (Lipinski definition) is 5. The topological polar surface area (TPSA) is 87.9 Å². The van der Waals surface area contributed by atoms with Crippen LogP contribution >= 0.6 is 0 Å². The first kappa shape index (κ1) is 16.4. The quantitative estimate of drug-likeness (QED) is 0.856. The van der Waals surface area contributed by atoms with Gasteiger partial charge >= 0.3 is 10.3 Å². The Labute approximate surface area is 125 Å². The van der Waals surface area contributed by atoms with Crippen molar-refractivity contribution < 1.29 is 22.1 Å². The van der Waals surface area contributed by atoms with Crippen molar-refractivity contribution >= 4 is 10.3 Å². The second-order valence-electron chi connectivity index (χ2n) is 5.51. The van der Waals surface area contributed by atoms with E-state index < -0.39 is 16.1 Å². The molecule has 0 amide bonds. The molecular formula is C14H21NO5S. The van der Waals surface area contributed by atoms with Gasteiger partial charge in [-0.05, 0) is 19.4 Å². The second kappa shape index (κ2) is 6.41. The van der Waals surface area contributed by atoms with Crippen LogP contribution in [0.2, 0.25) is 0 Å².